The number of nitrogens with zero attached hydrogens (tertiary/aromatic N) is 2. The zero-order chi connectivity index (χ0) is 15.6. The lowest BCUT2D eigenvalue weighted by atomic mass is 10.1. The Hall–Kier alpha value is -2.28. The molecule has 0 saturated heterocycles. The van der Waals surface area contributed by atoms with Crippen LogP contribution in [0.2, 0.25) is 0 Å². The number of benzene rings is 1. The average Bonchev–Trinajstić information content (AvgIpc) is 2.81. The smallest absolute Gasteiger partial charge is 0.358 e. The first kappa shape index (κ1) is 15.1. The van der Waals surface area contributed by atoms with Crippen LogP contribution >= 0.6 is 11.3 Å². The SMILES string of the molecule is CCOC(=O)c1nc(-c2cc([N+](=O)[O-])ccc2C)sc1C. The van der Waals surface area contributed by atoms with Gasteiger partial charge in [0, 0.05) is 22.6 Å². The normalized spacial score (nSPS) is 10.4. The first-order chi connectivity index (χ1) is 9.93. The highest BCUT2D eigenvalue weighted by molar-refractivity contribution is 7.15. The van der Waals surface area contributed by atoms with E-state index in [1.54, 1.807) is 19.9 Å². The van der Waals surface area contributed by atoms with E-state index in [9.17, 15) is 14.9 Å². The monoisotopic (exact) mass is 306 g/mol. The molecule has 0 radical (unpaired) electrons. The van der Waals surface area contributed by atoms with Crippen molar-refractivity contribution in [2.75, 3.05) is 6.61 Å². The van der Waals surface area contributed by atoms with Gasteiger partial charge in [0.15, 0.2) is 5.69 Å². The highest BCUT2D eigenvalue weighted by Gasteiger charge is 2.19. The minimum atomic E-state index is -0.472. The Morgan fingerprint density at radius 2 is 2.14 bits per heavy atom. The van der Waals surface area contributed by atoms with Crippen molar-refractivity contribution in [3.63, 3.8) is 0 Å². The van der Waals surface area contributed by atoms with Crippen molar-refractivity contribution in [2.24, 2.45) is 0 Å². The molecule has 21 heavy (non-hydrogen) atoms. The fourth-order valence-corrected chi connectivity index (χ4v) is 2.84. The summed E-state index contributed by atoms with van der Waals surface area (Å²) in [4.78, 5) is 27.2. The lowest BCUT2D eigenvalue weighted by molar-refractivity contribution is -0.384. The largest absolute Gasteiger partial charge is 0.461 e. The van der Waals surface area contributed by atoms with Crippen molar-refractivity contribution >= 4 is 23.0 Å². The topological polar surface area (TPSA) is 82.3 Å². The molecule has 1 heterocycles. The number of thiazole rings is 1. The molecule has 0 N–H and O–H groups in total. The minimum Gasteiger partial charge on any atom is -0.461 e. The van der Waals surface area contributed by atoms with Crippen molar-refractivity contribution in [3.8, 4) is 10.6 Å². The number of nitro benzene ring substituents is 1. The van der Waals surface area contributed by atoms with Crippen LogP contribution in [-0.2, 0) is 4.74 Å². The van der Waals surface area contributed by atoms with Gasteiger partial charge in [0.1, 0.15) is 5.01 Å². The number of rotatable bonds is 4. The molecule has 1 aromatic heterocycles. The third-order valence-corrected chi connectivity index (χ3v) is 3.93. The Morgan fingerprint density at radius 3 is 2.76 bits per heavy atom. The van der Waals surface area contributed by atoms with E-state index in [1.807, 2.05) is 6.92 Å². The number of hydrogen-bond acceptors (Lipinski definition) is 6. The molecule has 0 atom stereocenters. The lowest BCUT2D eigenvalue weighted by Crippen LogP contribution is -2.06. The second kappa shape index (κ2) is 6.01. The second-order valence-corrected chi connectivity index (χ2v) is 5.60. The zero-order valence-corrected chi connectivity index (χ0v) is 12.7. The predicted octanol–water partition coefficient (Wildman–Crippen LogP) is 3.51. The Labute approximate surface area is 125 Å². The molecule has 7 heteroatoms. The summed E-state index contributed by atoms with van der Waals surface area (Å²) in [6.45, 7) is 5.63. The van der Waals surface area contributed by atoms with Gasteiger partial charge in [-0.2, -0.15) is 0 Å². The number of hydrogen-bond donors (Lipinski definition) is 0. The summed E-state index contributed by atoms with van der Waals surface area (Å²) in [5, 5.41) is 11.5. The highest BCUT2D eigenvalue weighted by Crippen LogP contribution is 2.32. The number of nitro groups is 1. The van der Waals surface area contributed by atoms with Gasteiger partial charge in [0.05, 0.1) is 11.5 Å². The van der Waals surface area contributed by atoms with E-state index in [1.165, 1.54) is 23.5 Å². The van der Waals surface area contributed by atoms with Crippen LogP contribution in [0.1, 0.15) is 27.9 Å². The van der Waals surface area contributed by atoms with E-state index < -0.39 is 10.9 Å². The summed E-state index contributed by atoms with van der Waals surface area (Å²) in [6, 6.07) is 4.60. The summed E-state index contributed by atoms with van der Waals surface area (Å²) in [7, 11) is 0. The summed E-state index contributed by atoms with van der Waals surface area (Å²) in [5.74, 6) is -0.472. The molecule has 6 nitrogen and oxygen atoms in total. The molecule has 0 spiro atoms. The van der Waals surface area contributed by atoms with Crippen molar-refractivity contribution < 1.29 is 14.5 Å². The molecule has 0 bridgehead atoms. The van der Waals surface area contributed by atoms with E-state index in [0.29, 0.717) is 10.6 Å². The highest BCUT2D eigenvalue weighted by atomic mass is 32.1. The third kappa shape index (κ3) is 3.08. The van der Waals surface area contributed by atoms with Crippen LogP contribution in [0.5, 0.6) is 0 Å². The Morgan fingerprint density at radius 1 is 1.43 bits per heavy atom. The van der Waals surface area contributed by atoms with E-state index >= 15 is 0 Å². The van der Waals surface area contributed by atoms with Gasteiger partial charge >= 0.3 is 5.97 Å². The minimum absolute atomic E-state index is 0.00105. The number of non-ortho nitro benzene ring substituents is 1. The molecule has 0 aliphatic rings. The van der Waals surface area contributed by atoms with Crippen molar-refractivity contribution in [3.05, 3.63) is 44.4 Å². The average molecular weight is 306 g/mol. The summed E-state index contributed by atoms with van der Waals surface area (Å²) in [5.41, 5.74) is 1.79. The maximum absolute atomic E-state index is 11.8. The maximum atomic E-state index is 11.8. The molecule has 2 rings (SSSR count). The Kier molecular flexibility index (Phi) is 4.32. The fourth-order valence-electron chi connectivity index (χ4n) is 1.85. The molecule has 110 valence electrons. The number of ether oxygens (including phenoxy) is 1. The van der Waals surface area contributed by atoms with Gasteiger partial charge in [-0.05, 0) is 26.3 Å². The van der Waals surface area contributed by atoms with Crippen LogP contribution in [0.25, 0.3) is 10.6 Å². The van der Waals surface area contributed by atoms with Gasteiger partial charge < -0.3 is 4.74 Å². The van der Waals surface area contributed by atoms with Crippen LogP contribution in [0, 0.1) is 24.0 Å². The number of aryl methyl sites for hydroxylation is 2. The second-order valence-electron chi connectivity index (χ2n) is 4.40. The first-order valence-electron chi connectivity index (χ1n) is 6.34. The number of carbonyl (C=O) groups excluding carboxylic acids is 1. The van der Waals surface area contributed by atoms with Crippen LogP contribution in [0.4, 0.5) is 5.69 Å². The van der Waals surface area contributed by atoms with E-state index in [4.69, 9.17) is 4.74 Å². The van der Waals surface area contributed by atoms with Crippen LogP contribution < -0.4 is 0 Å². The summed E-state index contributed by atoms with van der Waals surface area (Å²) in [6.07, 6.45) is 0. The molecule has 0 saturated carbocycles. The number of aromatic nitrogens is 1. The predicted molar refractivity (Wildman–Crippen MR) is 79.6 cm³/mol. The molecular formula is C14H14N2O4S. The fraction of sp³-hybridized carbons (Fsp3) is 0.286. The molecule has 1 aromatic carbocycles. The van der Waals surface area contributed by atoms with E-state index in [-0.39, 0.29) is 18.0 Å². The van der Waals surface area contributed by atoms with Crippen molar-refractivity contribution in [1.29, 1.82) is 0 Å². The van der Waals surface area contributed by atoms with Crippen molar-refractivity contribution in [1.82, 2.24) is 4.98 Å². The quantitative estimate of drug-likeness (QED) is 0.490. The van der Waals surface area contributed by atoms with E-state index in [0.717, 1.165) is 10.4 Å². The Bertz CT molecular complexity index is 709. The lowest BCUT2D eigenvalue weighted by Gasteiger charge is -2.02. The maximum Gasteiger partial charge on any atom is 0.358 e. The van der Waals surface area contributed by atoms with Gasteiger partial charge in [0.2, 0.25) is 0 Å². The van der Waals surface area contributed by atoms with Crippen LogP contribution in [0.3, 0.4) is 0 Å². The molecule has 0 amide bonds. The van der Waals surface area contributed by atoms with Gasteiger partial charge in [-0.3, -0.25) is 10.1 Å². The molecule has 0 fully saturated rings. The summed E-state index contributed by atoms with van der Waals surface area (Å²) < 4.78 is 4.95. The molecule has 0 unspecified atom stereocenters. The van der Waals surface area contributed by atoms with Crippen molar-refractivity contribution in [2.45, 2.75) is 20.8 Å². The molecule has 0 aliphatic carbocycles. The van der Waals surface area contributed by atoms with E-state index in [2.05, 4.69) is 4.98 Å². The summed E-state index contributed by atoms with van der Waals surface area (Å²) >= 11 is 1.32. The third-order valence-electron chi connectivity index (χ3n) is 2.93. The van der Waals surface area contributed by atoms with Gasteiger partial charge in [-0.1, -0.05) is 6.07 Å². The molecule has 2 aromatic rings. The molecular weight excluding hydrogens is 292 g/mol. The number of carbonyl (C=O) groups is 1. The van der Waals surface area contributed by atoms with Crippen LogP contribution in [-0.4, -0.2) is 22.5 Å². The number of esters is 1. The van der Waals surface area contributed by atoms with Crippen LogP contribution in [0.15, 0.2) is 18.2 Å². The standard InChI is InChI=1S/C14H14N2O4S/c1-4-20-14(17)12-9(3)21-13(15-12)11-7-10(16(18)19)6-5-8(11)2/h5-7H,4H2,1-3H3. The van der Waals surface area contributed by atoms with Gasteiger partial charge in [-0.25, -0.2) is 9.78 Å². The molecule has 0 aliphatic heterocycles. The first-order valence-corrected chi connectivity index (χ1v) is 7.15. The Balaban J connectivity index is 2.48. The van der Waals surface area contributed by atoms with Gasteiger partial charge in [-0.15, -0.1) is 11.3 Å². The van der Waals surface area contributed by atoms with Gasteiger partial charge in [0.25, 0.3) is 5.69 Å². The zero-order valence-electron chi connectivity index (χ0n) is 11.9.